The summed E-state index contributed by atoms with van der Waals surface area (Å²) in [5, 5.41) is 9.80. The third-order valence-corrected chi connectivity index (χ3v) is 5.41. The van der Waals surface area contributed by atoms with E-state index in [1.807, 2.05) is 23.3 Å². The van der Waals surface area contributed by atoms with Gasteiger partial charge in [-0.1, -0.05) is 25.4 Å². The number of hydrogen-bond acceptors (Lipinski definition) is 5. The summed E-state index contributed by atoms with van der Waals surface area (Å²) in [5.41, 5.74) is 3.95. The van der Waals surface area contributed by atoms with Gasteiger partial charge in [-0.2, -0.15) is 10.2 Å². The van der Waals surface area contributed by atoms with Crippen molar-refractivity contribution in [1.29, 1.82) is 0 Å². The van der Waals surface area contributed by atoms with E-state index in [-0.39, 0.29) is 6.04 Å². The molecule has 1 atom stereocenters. The van der Waals surface area contributed by atoms with Crippen LogP contribution in [0.2, 0.25) is 5.15 Å². The Labute approximate surface area is 158 Å². The van der Waals surface area contributed by atoms with Crippen molar-refractivity contribution in [3.8, 4) is 0 Å². The Hall–Kier alpha value is -2.15. The van der Waals surface area contributed by atoms with Gasteiger partial charge in [-0.25, -0.2) is 9.97 Å². The SMILES string of the molecule is Cc1nn(CC(C)C)c(Cl)c1C1CCCN1c1ncnc2cnn(C)c12. The van der Waals surface area contributed by atoms with Gasteiger partial charge in [0.2, 0.25) is 0 Å². The van der Waals surface area contributed by atoms with Crippen molar-refractivity contribution in [3.05, 3.63) is 28.9 Å². The first kappa shape index (κ1) is 17.3. The zero-order valence-electron chi connectivity index (χ0n) is 15.6. The monoisotopic (exact) mass is 373 g/mol. The molecule has 0 saturated carbocycles. The van der Waals surface area contributed by atoms with Crippen LogP contribution in [0.15, 0.2) is 12.5 Å². The highest BCUT2D eigenvalue weighted by Gasteiger charge is 2.33. The van der Waals surface area contributed by atoms with Gasteiger partial charge in [0.25, 0.3) is 0 Å². The molecular formula is C18H24ClN7. The van der Waals surface area contributed by atoms with Gasteiger partial charge in [0.15, 0.2) is 5.82 Å². The van der Waals surface area contributed by atoms with Crippen LogP contribution < -0.4 is 4.90 Å². The van der Waals surface area contributed by atoms with E-state index < -0.39 is 0 Å². The van der Waals surface area contributed by atoms with Gasteiger partial charge in [-0.15, -0.1) is 0 Å². The minimum Gasteiger partial charge on any atom is -0.347 e. The minimum atomic E-state index is 0.177. The fraction of sp³-hybridized carbons (Fsp3) is 0.556. The first-order valence-corrected chi connectivity index (χ1v) is 9.47. The molecule has 4 rings (SSSR count). The van der Waals surface area contributed by atoms with Crippen LogP contribution in [0.25, 0.3) is 11.0 Å². The number of aryl methyl sites for hydroxylation is 2. The highest BCUT2D eigenvalue weighted by molar-refractivity contribution is 6.30. The smallest absolute Gasteiger partial charge is 0.158 e. The Morgan fingerprint density at radius 3 is 2.88 bits per heavy atom. The number of fused-ring (bicyclic) bond motifs is 1. The lowest BCUT2D eigenvalue weighted by atomic mass is 10.1. The molecular weight excluding hydrogens is 350 g/mol. The lowest BCUT2D eigenvalue weighted by Crippen LogP contribution is -2.25. The first-order chi connectivity index (χ1) is 12.5. The van der Waals surface area contributed by atoms with Gasteiger partial charge in [0.1, 0.15) is 22.5 Å². The number of anilines is 1. The molecule has 0 amide bonds. The summed E-state index contributed by atoms with van der Waals surface area (Å²) >= 11 is 6.76. The maximum atomic E-state index is 6.76. The van der Waals surface area contributed by atoms with Crippen LogP contribution in [0.4, 0.5) is 5.82 Å². The lowest BCUT2D eigenvalue weighted by molar-refractivity contribution is 0.481. The Kier molecular flexibility index (Phi) is 4.34. The number of halogens is 1. The highest BCUT2D eigenvalue weighted by atomic mass is 35.5. The molecule has 0 bridgehead atoms. The minimum absolute atomic E-state index is 0.177. The summed E-state index contributed by atoms with van der Waals surface area (Å²) in [4.78, 5) is 11.3. The summed E-state index contributed by atoms with van der Waals surface area (Å²) in [6, 6.07) is 0.177. The molecule has 8 heteroatoms. The van der Waals surface area contributed by atoms with Gasteiger partial charge in [-0.3, -0.25) is 9.36 Å². The topological polar surface area (TPSA) is 64.7 Å². The maximum absolute atomic E-state index is 6.76. The lowest BCUT2D eigenvalue weighted by Gasteiger charge is -2.26. The fourth-order valence-corrected chi connectivity index (χ4v) is 4.30. The van der Waals surface area contributed by atoms with Crippen LogP contribution in [-0.4, -0.2) is 36.1 Å². The predicted octanol–water partition coefficient (Wildman–Crippen LogP) is 3.52. The average molecular weight is 374 g/mol. The summed E-state index contributed by atoms with van der Waals surface area (Å²) in [7, 11) is 1.93. The van der Waals surface area contributed by atoms with E-state index in [2.05, 4.69) is 33.8 Å². The van der Waals surface area contributed by atoms with E-state index in [0.29, 0.717) is 5.92 Å². The van der Waals surface area contributed by atoms with Gasteiger partial charge in [0, 0.05) is 25.7 Å². The second kappa shape index (κ2) is 6.54. The quantitative estimate of drug-likeness (QED) is 0.700. The van der Waals surface area contributed by atoms with Crippen molar-refractivity contribution in [2.75, 3.05) is 11.4 Å². The van der Waals surface area contributed by atoms with Gasteiger partial charge in [0.05, 0.1) is 17.9 Å². The van der Waals surface area contributed by atoms with E-state index in [4.69, 9.17) is 16.7 Å². The van der Waals surface area contributed by atoms with Crippen molar-refractivity contribution >= 4 is 28.5 Å². The Morgan fingerprint density at radius 1 is 1.31 bits per heavy atom. The van der Waals surface area contributed by atoms with Gasteiger partial charge in [-0.05, 0) is 25.7 Å². The van der Waals surface area contributed by atoms with Gasteiger partial charge < -0.3 is 4.90 Å². The molecule has 3 aromatic rings. The van der Waals surface area contributed by atoms with Crippen LogP contribution in [0.5, 0.6) is 0 Å². The van der Waals surface area contributed by atoms with Gasteiger partial charge >= 0.3 is 0 Å². The molecule has 1 aliphatic heterocycles. The second-order valence-corrected chi connectivity index (χ2v) is 7.77. The van der Waals surface area contributed by atoms with Crippen molar-refractivity contribution < 1.29 is 0 Å². The van der Waals surface area contributed by atoms with Crippen molar-refractivity contribution in [1.82, 2.24) is 29.5 Å². The number of aromatic nitrogens is 6. The summed E-state index contributed by atoms with van der Waals surface area (Å²) in [6.45, 7) is 8.16. The normalized spacial score (nSPS) is 17.8. The Morgan fingerprint density at radius 2 is 2.12 bits per heavy atom. The molecule has 1 unspecified atom stereocenters. The molecule has 0 spiro atoms. The molecule has 3 aromatic heterocycles. The maximum Gasteiger partial charge on any atom is 0.158 e. The first-order valence-electron chi connectivity index (χ1n) is 9.09. The number of rotatable bonds is 4. The summed E-state index contributed by atoms with van der Waals surface area (Å²) < 4.78 is 3.78. The summed E-state index contributed by atoms with van der Waals surface area (Å²) in [6.07, 6.45) is 5.53. The third-order valence-electron chi connectivity index (χ3n) is 5.01. The van der Waals surface area contributed by atoms with Crippen molar-refractivity contribution in [2.24, 2.45) is 13.0 Å². The number of nitrogens with zero attached hydrogens (tertiary/aromatic N) is 7. The molecule has 7 nitrogen and oxygen atoms in total. The average Bonchev–Trinajstić information content (AvgIpc) is 3.27. The Balaban J connectivity index is 1.78. The molecule has 26 heavy (non-hydrogen) atoms. The molecule has 138 valence electrons. The second-order valence-electron chi connectivity index (χ2n) is 7.42. The van der Waals surface area contributed by atoms with Crippen molar-refractivity contribution in [2.45, 2.75) is 46.2 Å². The van der Waals surface area contributed by atoms with Crippen LogP contribution >= 0.6 is 11.6 Å². The van der Waals surface area contributed by atoms with E-state index >= 15 is 0 Å². The molecule has 0 N–H and O–H groups in total. The number of hydrogen-bond donors (Lipinski definition) is 0. The van der Waals surface area contributed by atoms with Crippen LogP contribution in [0.1, 0.15) is 44.0 Å². The fourth-order valence-electron chi connectivity index (χ4n) is 3.93. The van der Waals surface area contributed by atoms with E-state index in [1.165, 1.54) is 0 Å². The summed E-state index contributed by atoms with van der Waals surface area (Å²) in [5.74, 6) is 1.42. The molecule has 0 aliphatic carbocycles. The molecule has 1 fully saturated rings. The van der Waals surface area contributed by atoms with Crippen molar-refractivity contribution in [3.63, 3.8) is 0 Å². The van der Waals surface area contributed by atoms with E-state index in [9.17, 15) is 0 Å². The molecule has 1 saturated heterocycles. The zero-order valence-corrected chi connectivity index (χ0v) is 16.4. The zero-order chi connectivity index (χ0) is 18.4. The highest BCUT2D eigenvalue weighted by Crippen LogP contribution is 2.41. The molecule has 1 aliphatic rings. The Bertz CT molecular complexity index is 943. The molecule has 4 heterocycles. The third kappa shape index (κ3) is 2.74. The molecule has 0 aromatic carbocycles. The van der Waals surface area contributed by atoms with Crippen LogP contribution in [0.3, 0.4) is 0 Å². The van der Waals surface area contributed by atoms with E-state index in [1.54, 1.807) is 12.5 Å². The predicted molar refractivity (Wildman–Crippen MR) is 102 cm³/mol. The largest absolute Gasteiger partial charge is 0.347 e. The molecule has 0 radical (unpaired) electrons. The van der Waals surface area contributed by atoms with E-state index in [0.717, 1.165) is 59.2 Å². The standard InChI is InChI=1S/C18H24ClN7/c1-11(2)9-26-17(19)15(12(3)23-26)14-6-5-7-25(14)18-16-13(20-10-21-18)8-22-24(16)4/h8,10-11,14H,5-7,9H2,1-4H3. The van der Waals surface area contributed by atoms with Crippen LogP contribution in [0, 0.1) is 12.8 Å². The van der Waals surface area contributed by atoms with Crippen LogP contribution in [-0.2, 0) is 13.6 Å².